The van der Waals surface area contributed by atoms with E-state index in [9.17, 15) is 9.90 Å². The molecule has 3 aromatic rings. The van der Waals surface area contributed by atoms with Gasteiger partial charge in [-0.15, -0.1) is 0 Å². The minimum Gasteiger partial charge on any atom is -0.465 e. The third kappa shape index (κ3) is 3.41. The van der Waals surface area contributed by atoms with Gasteiger partial charge in [-0.2, -0.15) is 0 Å². The van der Waals surface area contributed by atoms with E-state index in [1.165, 1.54) is 4.90 Å². The molecule has 0 bridgehead atoms. The van der Waals surface area contributed by atoms with Gasteiger partial charge in [0, 0.05) is 22.7 Å². The van der Waals surface area contributed by atoms with Crippen molar-refractivity contribution in [2.24, 2.45) is 4.99 Å². The highest BCUT2D eigenvalue weighted by Gasteiger charge is 2.29. The quantitative estimate of drug-likeness (QED) is 0.604. The lowest BCUT2D eigenvalue weighted by atomic mass is 9.95. The van der Waals surface area contributed by atoms with Crippen LogP contribution in [0.2, 0.25) is 0 Å². The summed E-state index contributed by atoms with van der Waals surface area (Å²) in [6.07, 6.45) is 0.690. The maximum absolute atomic E-state index is 11.8. The predicted octanol–water partition coefficient (Wildman–Crippen LogP) is 5.67. The van der Waals surface area contributed by atoms with E-state index in [0.717, 1.165) is 46.6 Å². The molecule has 4 nitrogen and oxygen atoms in total. The number of benzene rings is 3. The number of carbonyl (C=O) groups is 1. The van der Waals surface area contributed by atoms with Crippen LogP contribution in [-0.4, -0.2) is 23.0 Å². The number of anilines is 1. The van der Waals surface area contributed by atoms with Gasteiger partial charge in [0.2, 0.25) is 0 Å². The topological polar surface area (TPSA) is 52.9 Å². The summed E-state index contributed by atoms with van der Waals surface area (Å²) in [5.74, 6) is 0. The van der Waals surface area contributed by atoms with Crippen LogP contribution in [0.15, 0.2) is 83.9 Å². The molecule has 1 aliphatic heterocycles. The first-order valence-electron chi connectivity index (χ1n) is 9.48. The van der Waals surface area contributed by atoms with Crippen LogP contribution >= 0.6 is 0 Å². The van der Waals surface area contributed by atoms with Crippen LogP contribution < -0.4 is 4.90 Å². The van der Waals surface area contributed by atoms with Crippen LogP contribution in [0.4, 0.5) is 16.2 Å². The van der Waals surface area contributed by atoms with Crippen LogP contribution in [0.25, 0.3) is 0 Å². The zero-order valence-corrected chi connectivity index (χ0v) is 15.7. The van der Waals surface area contributed by atoms with Gasteiger partial charge in [-0.25, -0.2) is 9.79 Å². The molecule has 1 amide bonds. The molecule has 4 heteroatoms. The smallest absolute Gasteiger partial charge is 0.412 e. The van der Waals surface area contributed by atoms with E-state index in [2.05, 4.69) is 0 Å². The van der Waals surface area contributed by atoms with Crippen molar-refractivity contribution in [1.82, 2.24) is 0 Å². The second kappa shape index (κ2) is 7.69. The minimum atomic E-state index is -0.916. The summed E-state index contributed by atoms with van der Waals surface area (Å²) in [7, 11) is 0. The standard InChI is InChI=1S/C24H22N2O2/c1-17-15-16-20-21(13-8-14-22(20)26(17)24(27)28)25-23(18-9-4-2-5-10-18)19-11-6-3-7-12-19/h2-14,17H,15-16H2,1H3,(H,27,28)/t17-/m0/s1. The molecule has 0 aliphatic carbocycles. The molecule has 1 N–H and O–H groups in total. The van der Waals surface area contributed by atoms with Crippen molar-refractivity contribution < 1.29 is 9.90 Å². The first kappa shape index (κ1) is 18.0. The zero-order valence-electron chi connectivity index (χ0n) is 15.7. The van der Waals surface area contributed by atoms with Gasteiger partial charge in [-0.05, 0) is 31.9 Å². The Morgan fingerprint density at radius 3 is 2.11 bits per heavy atom. The van der Waals surface area contributed by atoms with E-state index in [1.807, 2.05) is 85.8 Å². The van der Waals surface area contributed by atoms with Gasteiger partial charge in [0.1, 0.15) is 0 Å². The summed E-state index contributed by atoms with van der Waals surface area (Å²) >= 11 is 0. The van der Waals surface area contributed by atoms with Gasteiger partial charge in [0.05, 0.1) is 17.1 Å². The maximum atomic E-state index is 11.8. The summed E-state index contributed by atoms with van der Waals surface area (Å²) in [6.45, 7) is 1.95. The lowest BCUT2D eigenvalue weighted by Crippen LogP contribution is -2.41. The molecule has 140 valence electrons. The van der Waals surface area contributed by atoms with Gasteiger partial charge in [0.25, 0.3) is 0 Å². The number of fused-ring (bicyclic) bond motifs is 1. The first-order valence-corrected chi connectivity index (χ1v) is 9.48. The van der Waals surface area contributed by atoms with Crippen molar-refractivity contribution in [2.45, 2.75) is 25.8 Å². The van der Waals surface area contributed by atoms with Gasteiger partial charge >= 0.3 is 6.09 Å². The van der Waals surface area contributed by atoms with Crippen LogP contribution in [0.1, 0.15) is 30.0 Å². The predicted molar refractivity (Wildman–Crippen MR) is 113 cm³/mol. The molecular weight excluding hydrogens is 348 g/mol. The summed E-state index contributed by atoms with van der Waals surface area (Å²) in [5.41, 5.74) is 5.52. The van der Waals surface area contributed by atoms with Crippen molar-refractivity contribution in [2.75, 3.05) is 4.90 Å². The molecule has 1 atom stereocenters. The molecule has 0 saturated heterocycles. The number of nitrogens with zero attached hydrogens (tertiary/aromatic N) is 2. The fraction of sp³-hybridized carbons (Fsp3) is 0.167. The van der Waals surface area contributed by atoms with Gasteiger partial charge < -0.3 is 5.11 Å². The first-order chi connectivity index (χ1) is 13.6. The second-order valence-corrected chi connectivity index (χ2v) is 7.01. The molecule has 28 heavy (non-hydrogen) atoms. The Balaban J connectivity index is 1.88. The molecular formula is C24H22N2O2. The van der Waals surface area contributed by atoms with Crippen molar-refractivity contribution in [3.05, 3.63) is 95.6 Å². The Morgan fingerprint density at radius 1 is 0.929 bits per heavy atom. The number of amides is 1. The largest absolute Gasteiger partial charge is 0.465 e. The number of hydrogen-bond acceptors (Lipinski definition) is 2. The molecule has 0 fully saturated rings. The molecule has 0 spiro atoms. The van der Waals surface area contributed by atoms with E-state index in [4.69, 9.17) is 4.99 Å². The molecule has 4 rings (SSSR count). The van der Waals surface area contributed by atoms with E-state index in [-0.39, 0.29) is 6.04 Å². The zero-order chi connectivity index (χ0) is 19.5. The Morgan fingerprint density at radius 2 is 1.54 bits per heavy atom. The Hall–Kier alpha value is -3.40. The van der Waals surface area contributed by atoms with Crippen LogP contribution in [-0.2, 0) is 6.42 Å². The average molecular weight is 370 g/mol. The van der Waals surface area contributed by atoms with Crippen molar-refractivity contribution in [3.8, 4) is 0 Å². The van der Waals surface area contributed by atoms with Crippen LogP contribution in [0, 0.1) is 0 Å². The van der Waals surface area contributed by atoms with Crippen molar-refractivity contribution >= 4 is 23.2 Å². The molecule has 1 heterocycles. The van der Waals surface area contributed by atoms with E-state index >= 15 is 0 Å². The van der Waals surface area contributed by atoms with E-state index < -0.39 is 6.09 Å². The second-order valence-electron chi connectivity index (χ2n) is 7.01. The van der Waals surface area contributed by atoms with E-state index in [1.54, 1.807) is 0 Å². The number of hydrogen-bond donors (Lipinski definition) is 1. The molecule has 0 saturated carbocycles. The molecule has 1 aliphatic rings. The van der Waals surface area contributed by atoms with Gasteiger partial charge in [0.15, 0.2) is 0 Å². The SMILES string of the molecule is C[C@H]1CCc2c(N=C(c3ccccc3)c3ccccc3)cccc2N1C(=O)O. The third-order valence-corrected chi connectivity index (χ3v) is 5.17. The van der Waals surface area contributed by atoms with Gasteiger partial charge in [-0.3, -0.25) is 4.90 Å². The van der Waals surface area contributed by atoms with Gasteiger partial charge in [-0.1, -0.05) is 66.7 Å². The van der Waals surface area contributed by atoms with Crippen molar-refractivity contribution in [1.29, 1.82) is 0 Å². The number of carboxylic acid groups (broad SMARTS) is 1. The highest BCUT2D eigenvalue weighted by atomic mass is 16.4. The number of aliphatic imine (C=N–C) groups is 1. The fourth-order valence-corrected chi connectivity index (χ4v) is 3.77. The Bertz CT molecular complexity index is 972. The normalized spacial score (nSPS) is 15.6. The maximum Gasteiger partial charge on any atom is 0.412 e. The Labute approximate surface area is 164 Å². The summed E-state index contributed by atoms with van der Waals surface area (Å²) in [5, 5.41) is 9.67. The van der Waals surface area contributed by atoms with Crippen LogP contribution in [0.3, 0.4) is 0 Å². The van der Waals surface area contributed by atoms with Crippen molar-refractivity contribution in [3.63, 3.8) is 0 Å². The summed E-state index contributed by atoms with van der Waals surface area (Å²) in [4.78, 5) is 18.3. The fourth-order valence-electron chi connectivity index (χ4n) is 3.77. The highest BCUT2D eigenvalue weighted by Crippen LogP contribution is 2.37. The molecule has 0 aromatic heterocycles. The summed E-state index contributed by atoms with van der Waals surface area (Å²) in [6, 6.07) is 25.9. The lowest BCUT2D eigenvalue weighted by Gasteiger charge is -2.33. The highest BCUT2D eigenvalue weighted by molar-refractivity contribution is 6.14. The summed E-state index contributed by atoms with van der Waals surface area (Å²) < 4.78 is 0. The minimum absolute atomic E-state index is 0.0352. The molecule has 0 unspecified atom stereocenters. The number of rotatable bonds is 3. The average Bonchev–Trinajstić information content (AvgIpc) is 2.72. The molecule has 0 radical (unpaired) electrons. The van der Waals surface area contributed by atoms with Crippen LogP contribution in [0.5, 0.6) is 0 Å². The van der Waals surface area contributed by atoms with E-state index in [0.29, 0.717) is 0 Å². The Kier molecular flexibility index (Phi) is 4.94. The lowest BCUT2D eigenvalue weighted by molar-refractivity contribution is 0.198. The molecule has 3 aromatic carbocycles. The monoisotopic (exact) mass is 370 g/mol. The third-order valence-electron chi connectivity index (χ3n) is 5.17.